The number of nitrogens with zero attached hydrogens (tertiary/aromatic N) is 1. The van der Waals surface area contributed by atoms with Crippen LogP contribution in [0.15, 0.2) is 36.9 Å². The topological polar surface area (TPSA) is 22.1 Å². The van der Waals surface area contributed by atoms with E-state index in [2.05, 4.69) is 4.98 Å². The first-order valence-electron chi connectivity index (χ1n) is 3.11. The van der Waals surface area contributed by atoms with Gasteiger partial charge in [0.05, 0.1) is 12.5 Å². The van der Waals surface area contributed by atoms with Crippen molar-refractivity contribution in [3.8, 4) is 5.75 Å². The molecule has 1 aromatic heterocycles. The first kappa shape index (κ1) is 6.81. The average molecular weight is 135 g/mol. The zero-order valence-corrected chi connectivity index (χ0v) is 5.82. The molecule has 0 saturated carbocycles. The van der Waals surface area contributed by atoms with Gasteiger partial charge in [-0.1, -0.05) is 6.08 Å². The molecule has 0 amide bonds. The molecular weight excluding hydrogens is 126 g/mol. The van der Waals surface area contributed by atoms with Crippen LogP contribution in [0, 0.1) is 0 Å². The summed E-state index contributed by atoms with van der Waals surface area (Å²) in [6.07, 6.45) is 6.83. The molecule has 0 N–H and O–H groups in total. The number of hydrogen-bond donors (Lipinski definition) is 0. The Balaban J connectivity index is 2.59. The van der Waals surface area contributed by atoms with Gasteiger partial charge in [-0.25, -0.2) is 0 Å². The maximum atomic E-state index is 5.11. The van der Waals surface area contributed by atoms with Crippen molar-refractivity contribution in [1.29, 1.82) is 0 Å². The zero-order chi connectivity index (χ0) is 7.23. The number of allylic oxidation sites excluding steroid dienone is 1. The van der Waals surface area contributed by atoms with Crippen LogP contribution in [0.3, 0.4) is 0 Å². The molecule has 52 valence electrons. The Labute approximate surface area is 60.2 Å². The Hall–Kier alpha value is -1.31. The van der Waals surface area contributed by atoms with Crippen LogP contribution in [-0.4, -0.2) is 4.98 Å². The molecule has 0 saturated heterocycles. The van der Waals surface area contributed by atoms with E-state index >= 15 is 0 Å². The van der Waals surface area contributed by atoms with Crippen molar-refractivity contribution in [2.24, 2.45) is 0 Å². The van der Waals surface area contributed by atoms with Crippen molar-refractivity contribution >= 4 is 0 Å². The van der Waals surface area contributed by atoms with Crippen LogP contribution in [-0.2, 0) is 0 Å². The van der Waals surface area contributed by atoms with Crippen LogP contribution < -0.4 is 4.74 Å². The maximum absolute atomic E-state index is 5.11. The predicted molar refractivity (Wildman–Crippen MR) is 39.7 cm³/mol. The van der Waals surface area contributed by atoms with Crippen LogP contribution in [0.5, 0.6) is 5.75 Å². The Morgan fingerprint density at radius 1 is 1.60 bits per heavy atom. The van der Waals surface area contributed by atoms with E-state index in [-0.39, 0.29) is 0 Å². The summed E-state index contributed by atoms with van der Waals surface area (Å²) in [5, 5.41) is 0. The van der Waals surface area contributed by atoms with Gasteiger partial charge >= 0.3 is 0 Å². The molecule has 0 fully saturated rings. The van der Waals surface area contributed by atoms with Crippen molar-refractivity contribution < 1.29 is 4.74 Å². The van der Waals surface area contributed by atoms with Crippen molar-refractivity contribution in [2.45, 2.75) is 6.92 Å². The minimum absolute atomic E-state index is 0.764. The van der Waals surface area contributed by atoms with Gasteiger partial charge in [0.15, 0.2) is 0 Å². The first-order valence-corrected chi connectivity index (χ1v) is 3.11. The van der Waals surface area contributed by atoms with Gasteiger partial charge in [-0.05, 0) is 19.1 Å². The maximum Gasteiger partial charge on any atom is 0.144 e. The van der Waals surface area contributed by atoms with E-state index in [1.807, 2.05) is 25.1 Å². The van der Waals surface area contributed by atoms with Gasteiger partial charge in [0.25, 0.3) is 0 Å². The second kappa shape index (κ2) is 3.67. The summed E-state index contributed by atoms with van der Waals surface area (Å²) in [4.78, 5) is 3.88. The molecule has 0 unspecified atom stereocenters. The molecule has 0 bridgehead atoms. The van der Waals surface area contributed by atoms with Crippen LogP contribution in [0.2, 0.25) is 0 Å². The Morgan fingerprint density at radius 3 is 3.10 bits per heavy atom. The van der Waals surface area contributed by atoms with E-state index in [4.69, 9.17) is 4.74 Å². The molecule has 0 aliphatic carbocycles. The molecule has 0 aliphatic rings. The summed E-state index contributed by atoms with van der Waals surface area (Å²) in [5.74, 6) is 0.764. The van der Waals surface area contributed by atoms with E-state index in [1.54, 1.807) is 18.7 Å². The number of hydrogen-bond acceptors (Lipinski definition) is 2. The summed E-state index contributed by atoms with van der Waals surface area (Å²) in [5.41, 5.74) is 0. The Kier molecular flexibility index (Phi) is 2.49. The number of rotatable bonds is 2. The fourth-order valence-corrected chi connectivity index (χ4v) is 0.563. The molecule has 2 heteroatoms. The van der Waals surface area contributed by atoms with Crippen molar-refractivity contribution in [3.63, 3.8) is 0 Å². The van der Waals surface area contributed by atoms with Gasteiger partial charge in [-0.15, -0.1) is 0 Å². The summed E-state index contributed by atoms with van der Waals surface area (Å²) in [7, 11) is 0. The SMILES string of the molecule is C/C=C/Oc1cccnc1. The molecular formula is C8H9NO. The largest absolute Gasteiger partial charge is 0.464 e. The highest BCUT2D eigenvalue weighted by atomic mass is 16.5. The highest BCUT2D eigenvalue weighted by Gasteiger charge is 1.84. The fraction of sp³-hybridized carbons (Fsp3) is 0.125. The van der Waals surface area contributed by atoms with E-state index in [0.29, 0.717) is 0 Å². The molecule has 0 radical (unpaired) electrons. The van der Waals surface area contributed by atoms with Gasteiger partial charge in [0.2, 0.25) is 0 Å². The zero-order valence-electron chi connectivity index (χ0n) is 5.82. The Morgan fingerprint density at radius 2 is 2.50 bits per heavy atom. The van der Waals surface area contributed by atoms with E-state index < -0.39 is 0 Å². The van der Waals surface area contributed by atoms with E-state index in [0.717, 1.165) is 5.75 Å². The van der Waals surface area contributed by atoms with Crippen molar-refractivity contribution in [3.05, 3.63) is 36.9 Å². The lowest BCUT2D eigenvalue weighted by Gasteiger charge is -1.95. The average Bonchev–Trinajstić information content (AvgIpc) is 2.03. The number of aromatic nitrogens is 1. The molecule has 1 heterocycles. The molecule has 1 rings (SSSR count). The van der Waals surface area contributed by atoms with Gasteiger partial charge < -0.3 is 4.74 Å². The highest BCUT2D eigenvalue weighted by Crippen LogP contribution is 2.05. The third kappa shape index (κ3) is 1.90. The van der Waals surface area contributed by atoms with Gasteiger partial charge in [0.1, 0.15) is 5.75 Å². The Bertz CT molecular complexity index is 206. The molecule has 0 atom stereocenters. The summed E-state index contributed by atoms with van der Waals surface area (Å²) in [6, 6.07) is 3.69. The van der Waals surface area contributed by atoms with Gasteiger partial charge in [-0.3, -0.25) is 4.98 Å². The minimum Gasteiger partial charge on any atom is -0.464 e. The highest BCUT2D eigenvalue weighted by molar-refractivity contribution is 5.16. The normalized spacial score (nSPS) is 10.1. The minimum atomic E-state index is 0.764. The summed E-state index contributed by atoms with van der Waals surface area (Å²) in [6.45, 7) is 1.90. The van der Waals surface area contributed by atoms with E-state index in [1.165, 1.54) is 0 Å². The quantitative estimate of drug-likeness (QED) is 0.578. The fourth-order valence-electron chi connectivity index (χ4n) is 0.563. The molecule has 0 aromatic carbocycles. The van der Waals surface area contributed by atoms with Crippen LogP contribution in [0.25, 0.3) is 0 Å². The monoisotopic (exact) mass is 135 g/mol. The third-order valence-electron chi connectivity index (χ3n) is 0.975. The lowest BCUT2D eigenvalue weighted by molar-refractivity contribution is 0.478. The van der Waals surface area contributed by atoms with Gasteiger partial charge in [0, 0.05) is 6.20 Å². The van der Waals surface area contributed by atoms with Crippen molar-refractivity contribution in [1.82, 2.24) is 4.98 Å². The lowest BCUT2D eigenvalue weighted by atomic mass is 10.5. The second-order valence-electron chi connectivity index (χ2n) is 1.78. The molecule has 1 aromatic rings. The number of pyridine rings is 1. The van der Waals surface area contributed by atoms with Crippen LogP contribution in [0.1, 0.15) is 6.92 Å². The van der Waals surface area contributed by atoms with Crippen molar-refractivity contribution in [2.75, 3.05) is 0 Å². The van der Waals surface area contributed by atoms with Crippen LogP contribution >= 0.6 is 0 Å². The van der Waals surface area contributed by atoms with Crippen LogP contribution in [0.4, 0.5) is 0 Å². The molecule has 10 heavy (non-hydrogen) atoms. The van der Waals surface area contributed by atoms with E-state index in [9.17, 15) is 0 Å². The summed E-state index contributed by atoms with van der Waals surface area (Å²) >= 11 is 0. The lowest BCUT2D eigenvalue weighted by Crippen LogP contribution is -1.80. The summed E-state index contributed by atoms with van der Waals surface area (Å²) < 4.78 is 5.11. The molecule has 0 aliphatic heterocycles. The smallest absolute Gasteiger partial charge is 0.144 e. The standard InChI is InChI=1S/C8H9NO/c1-2-6-10-8-4-3-5-9-7-8/h2-7H,1H3/b6-2+. The molecule has 2 nitrogen and oxygen atoms in total. The van der Waals surface area contributed by atoms with Gasteiger partial charge in [-0.2, -0.15) is 0 Å². The second-order valence-corrected chi connectivity index (χ2v) is 1.78. The molecule has 0 spiro atoms. The number of ether oxygens (including phenoxy) is 1. The first-order chi connectivity index (χ1) is 4.93. The predicted octanol–water partition coefficient (Wildman–Crippen LogP) is 1.99. The third-order valence-corrected chi connectivity index (χ3v) is 0.975.